The fourth-order valence-electron chi connectivity index (χ4n) is 3.95. The summed E-state index contributed by atoms with van der Waals surface area (Å²) < 4.78 is 5.28. The molecular weight excluding hydrogens is 382 g/mol. The molecule has 0 aromatic heterocycles. The summed E-state index contributed by atoms with van der Waals surface area (Å²) >= 11 is 0. The van der Waals surface area contributed by atoms with Crippen molar-refractivity contribution >= 4 is 17.7 Å². The Kier molecular flexibility index (Phi) is 10.2. The lowest BCUT2D eigenvalue weighted by atomic mass is 9.83. The maximum absolute atomic E-state index is 13.3. The van der Waals surface area contributed by atoms with Gasteiger partial charge < -0.3 is 15.0 Å². The number of nitrogens with one attached hydrogen (secondary N) is 2. The van der Waals surface area contributed by atoms with E-state index >= 15 is 0 Å². The average Bonchev–Trinajstić information content (AvgIpc) is 2.65. The quantitative estimate of drug-likeness (QED) is 0.676. The Hall–Kier alpha value is -1.73. The van der Waals surface area contributed by atoms with Gasteiger partial charge in [0.1, 0.15) is 6.61 Å². The number of rotatable bonds is 4. The van der Waals surface area contributed by atoms with Gasteiger partial charge in [0.05, 0.1) is 17.6 Å². The molecule has 1 aliphatic rings. The number of ether oxygens (including phenoxy) is 1. The smallest absolute Gasteiger partial charge is 0.409 e. The van der Waals surface area contributed by atoms with Crippen molar-refractivity contribution < 1.29 is 19.1 Å². The number of hydrogen-bond donors (Lipinski definition) is 2. The number of carbonyl (C=O) groups is 3. The molecule has 1 rings (SSSR count). The zero-order valence-electron chi connectivity index (χ0n) is 19.8. The number of Topliss-reactive ketones (excluding diaryl/α,β-unsaturated/α-hetero) is 2. The maximum atomic E-state index is 13.3. The molecule has 0 saturated heterocycles. The number of ketones is 2. The second kappa shape index (κ2) is 11.6. The number of likely N-dealkylation sites (N-methyl/N-ethyl adjacent to an activating group) is 1. The Labute approximate surface area is 182 Å². The molecule has 30 heavy (non-hydrogen) atoms. The fourth-order valence-corrected chi connectivity index (χ4v) is 3.95. The van der Waals surface area contributed by atoms with E-state index in [1.807, 2.05) is 46.8 Å². The Bertz CT molecular complexity index is 632. The predicted molar refractivity (Wildman–Crippen MR) is 120 cm³/mol. The van der Waals surface area contributed by atoms with E-state index in [4.69, 9.17) is 4.74 Å². The lowest BCUT2D eigenvalue weighted by Crippen LogP contribution is -2.63. The van der Waals surface area contributed by atoms with E-state index in [2.05, 4.69) is 10.6 Å². The fraction of sp³-hybridized carbons (Fsp3) is 0.783. The van der Waals surface area contributed by atoms with Crippen LogP contribution < -0.4 is 10.6 Å². The van der Waals surface area contributed by atoms with Gasteiger partial charge in [-0.25, -0.2) is 4.79 Å². The minimum absolute atomic E-state index is 0.0422. The summed E-state index contributed by atoms with van der Waals surface area (Å²) in [6.07, 6.45) is 6.69. The molecule has 0 unspecified atom stereocenters. The standard InChI is InChI=1S/C23H41N3O4/c1-17(2)20(28)22(5)13-11-9-8-10-12-14-30-21(29)26(7)16-23(6,25-18(3)4)19(27)15-24-22/h10,12,17-18,24-25H,8-9,11,13-16H2,1-7H3/t22-,23+/m0/s1. The van der Waals surface area contributed by atoms with Gasteiger partial charge in [-0.2, -0.15) is 0 Å². The molecule has 172 valence electrons. The number of cyclic esters (lactones) is 1. The third-order valence-electron chi connectivity index (χ3n) is 5.56. The monoisotopic (exact) mass is 423 g/mol. The van der Waals surface area contributed by atoms with E-state index < -0.39 is 17.2 Å². The molecule has 2 atom stereocenters. The zero-order chi connectivity index (χ0) is 22.9. The van der Waals surface area contributed by atoms with Gasteiger partial charge in [-0.1, -0.05) is 32.4 Å². The van der Waals surface area contributed by atoms with Crippen LogP contribution >= 0.6 is 0 Å². The third kappa shape index (κ3) is 7.84. The van der Waals surface area contributed by atoms with Crippen molar-refractivity contribution in [2.24, 2.45) is 5.92 Å². The van der Waals surface area contributed by atoms with Crippen LogP contribution in [-0.4, -0.2) is 66.4 Å². The van der Waals surface area contributed by atoms with Crippen LogP contribution in [0.2, 0.25) is 0 Å². The Morgan fingerprint density at radius 1 is 1.17 bits per heavy atom. The highest BCUT2D eigenvalue weighted by Crippen LogP contribution is 2.21. The van der Waals surface area contributed by atoms with Crippen molar-refractivity contribution in [3.63, 3.8) is 0 Å². The molecule has 0 bridgehead atoms. The van der Waals surface area contributed by atoms with E-state index in [9.17, 15) is 14.4 Å². The van der Waals surface area contributed by atoms with E-state index in [1.54, 1.807) is 14.0 Å². The lowest BCUT2D eigenvalue weighted by Gasteiger charge is -2.37. The Balaban J connectivity index is 3.15. The average molecular weight is 424 g/mol. The van der Waals surface area contributed by atoms with Crippen LogP contribution in [0.15, 0.2) is 12.2 Å². The lowest BCUT2D eigenvalue weighted by molar-refractivity contribution is -0.129. The van der Waals surface area contributed by atoms with Gasteiger partial charge in [0.2, 0.25) is 0 Å². The van der Waals surface area contributed by atoms with Gasteiger partial charge in [-0.05, 0) is 47.0 Å². The second-order valence-electron chi connectivity index (χ2n) is 9.41. The second-order valence-corrected chi connectivity index (χ2v) is 9.41. The molecule has 2 N–H and O–H groups in total. The van der Waals surface area contributed by atoms with Crippen LogP contribution in [0.1, 0.15) is 67.2 Å². The summed E-state index contributed by atoms with van der Waals surface area (Å²) in [5.74, 6) is -0.0963. The van der Waals surface area contributed by atoms with Gasteiger partial charge in [-0.15, -0.1) is 0 Å². The molecular formula is C23H41N3O4. The maximum Gasteiger partial charge on any atom is 0.409 e. The molecule has 0 fully saturated rings. The number of carbonyl (C=O) groups excluding carboxylic acids is 3. The largest absolute Gasteiger partial charge is 0.445 e. The normalized spacial score (nSPS) is 28.1. The van der Waals surface area contributed by atoms with Crippen molar-refractivity contribution in [3.05, 3.63) is 12.2 Å². The third-order valence-corrected chi connectivity index (χ3v) is 5.56. The first kappa shape index (κ1) is 26.3. The summed E-state index contributed by atoms with van der Waals surface area (Å²) in [6.45, 7) is 11.8. The Morgan fingerprint density at radius 2 is 1.83 bits per heavy atom. The molecule has 0 aromatic carbocycles. The van der Waals surface area contributed by atoms with Crippen LogP contribution in [-0.2, 0) is 14.3 Å². The van der Waals surface area contributed by atoms with E-state index in [1.165, 1.54) is 4.90 Å². The van der Waals surface area contributed by atoms with Crippen LogP contribution in [0.5, 0.6) is 0 Å². The highest BCUT2D eigenvalue weighted by molar-refractivity contribution is 5.93. The van der Waals surface area contributed by atoms with Crippen molar-refractivity contribution in [3.8, 4) is 0 Å². The predicted octanol–water partition coefficient (Wildman–Crippen LogP) is 3.08. The van der Waals surface area contributed by atoms with E-state index in [-0.39, 0.29) is 43.2 Å². The SMILES string of the molecule is CC(C)N[C@]1(C)CN(C)C(=O)OCC=CCCCC[C@@](C)(C(=O)C(C)C)NCC1=O. The van der Waals surface area contributed by atoms with E-state index in [0.29, 0.717) is 6.42 Å². The first-order valence-electron chi connectivity index (χ1n) is 11.0. The molecule has 1 amide bonds. The number of hydrogen-bond acceptors (Lipinski definition) is 6. The van der Waals surface area contributed by atoms with Crippen LogP contribution in [0.3, 0.4) is 0 Å². The number of nitrogens with zero attached hydrogens (tertiary/aromatic N) is 1. The van der Waals surface area contributed by atoms with Crippen molar-refractivity contribution in [2.75, 3.05) is 26.7 Å². The molecule has 0 saturated carbocycles. The van der Waals surface area contributed by atoms with Crippen molar-refractivity contribution in [1.29, 1.82) is 0 Å². The summed E-state index contributed by atoms with van der Waals surface area (Å²) in [6, 6.07) is 0.0422. The molecule has 0 spiro atoms. The minimum atomic E-state index is -0.969. The van der Waals surface area contributed by atoms with Gasteiger partial charge >= 0.3 is 6.09 Å². The molecule has 1 aliphatic heterocycles. The molecule has 0 aromatic rings. The van der Waals surface area contributed by atoms with Crippen molar-refractivity contribution in [2.45, 2.75) is 84.3 Å². The molecule has 0 radical (unpaired) electrons. The van der Waals surface area contributed by atoms with Gasteiger partial charge in [0.15, 0.2) is 11.6 Å². The summed E-state index contributed by atoms with van der Waals surface area (Å²) in [5.41, 5.74) is -1.72. The number of amides is 1. The molecule has 0 aliphatic carbocycles. The van der Waals surface area contributed by atoms with Crippen LogP contribution in [0.4, 0.5) is 4.79 Å². The number of allylic oxidation sites excluding steroid dienone is 1. The van der Waals surface area contributed by atoms with Crippen molar-refractivity contribution in [1.82, 2.24) is 15.5 Å². The van der Waals surface area contributed by atoms with E-state index in [0.717, 1.165) is 19.3 Å². The summed E-state index contributed by atoms with van der Waals surface area (Å²) in [7, 11) is 1.63. The van der Waals surface area contributed by atoms with Gasteiger partial charge in [0.25, 0.3) is 0 Å². The first-order chi connectivity index (χ1) is 13.9. The Morgan fingerprint density at radius 3 is 2.43 bits per heavy atom. The highest BCUT2D eigenvalue weighted by atomic mass is 16.6. The topological polar surface area (TPSA) is 87.7 Å². The molecule has 1 heterocycles. The van der Waals surface area contributed by atoms with Crippen LogP contribution in [0.25, 0.3) is 0 Å². The highest BCUT2D eigenvalue weighted by Gasteiger charge is 2.39. The summed E-state index contributed by atoms with van der Waals surface area (Å²) in [4.78, 5) is 39.9. The zero-order valence-corrected chi connectivity index (χ0v) is 19.8. The van der Waals surface area contributed by atoms with Gasteiger partial charge in [0, 0.05) is 25.6 Å². The van der Waals surface area contributed by atoms with Gasteiger partial charge in [-0.3, -0.25) is 14.9 Å². The molecule has 7 nitrogen and oxygen atoms in total. The minimum Gasteiger partial charge on any atom is -0.445 e. The summed E-state index contributed by atoms with van der Waals surface area (Å²) in [5, 5.41) is 6.57. The first-order valence-corrected chi connectivity index (χ1v) is 11.0. The van der Waals surface area contributed by atoms with Crippen LogP contribution in [0, 0.1) is 5.92 Å². The molecule has 7 heteroatoms.